The fourth-order valence-corrected chi connectivity index (χ4v) is 3.09. The number of carbonyl (C=O) groups is 2. The average molecular weight is 297 g/mol. The molecule has 2 amide bonds. The van der Waals surface area contributed by atoms with Crippen molar-refractivity contribution < 1.29 is 14.0 Å². The van der Waals surface area contributed by atoms with E-state index in [1.165, 1.54) is 17.0 Å². The number of hydrogen-bond donors (Lipinski definition) is 0. The number of rotatable bonds is 1. The van der Waals surface area contributed by atoms with Crippen LogP contribution in [0.4, 0.5) is 10.1 Å². The van der Waals surface area contributed by atoms with Crippen LogP contribution in [-0.2, 0) is 9.59 Å². The van der Waals surface area contributed by atoms with Crippen molar-refractivity contribution in [1.29, 1.82) is 0 Å². The molecule has 1 aromatic rings. The second kappa shape index (κ2) is 4.74. The van der Waals surface area contributed by atoms with Crippen LogP contribution < -0.4 is 4.90 Å². The van der Waals surface area contributed by atoms with E-state index < -0.39 is 17.9 Å². The summed E-state index contributed by atoms with van der Waals surface area (Å²) in [6.07, 6.45) is 1.50. The molecule has 2 aliphatic rings. The summed E-state index contributed by atoms with van der Waals surface area (Å²) in [5.74, 6) is -0.816. The molecule has 4 nitrogen and oxygen atoms in total. The van der Waals surface area contributed by atoms with Gasteiger partial charge in [0.25, 0.3) is 5.91 Å². The Morgan fingerprint density at radius 2 is 2.05 bits per heavy atom. The molecule has 0 aromatic heterocycles. The number of amides is 2. The summed E-state index contributed by atoms with van der Waals surface area (Å²) >= 11 is 5.66. The molecule has 2 heterocycles. The summed E-state index contributed by atoms with van der Waals surface area (Å²) in [5, 5.41) is -0.000295. The monoisotopic (exact) mass is 296 g/mol. The zero-order valence-electron chi connectivity index (χ0n) is 11.0. The van der Waals surface area contributed by atoms with Gasteiger partial charge >= 0.3 is 0 Å². The van der Waals surface area contributed by atoms with E-state index in [2.05, 4.69) is 0 Å². The predicted molar refractivity (Wildman–Crippen MR) is 73.1 cm³/mol. The summed E-state index contributed by atoms with van der Waals surface area (Å²) in [6, 6.07) is 3.15. The van der Waals surface area contributed by atoms with Crippen LogP contribution >= 0.6 is 11.6 Å². The topological polar surface area (TPSA) is 40.6 Å². The van der Waals surface area contributed by atoms with Gasteiger partial charge in [0.2, 0.25) is 5.91 Å². The minimum atomic E-state index is -0.613. The van der Waals surface area contributed by atoms with E-state index in [0.717, 1.165) is 6.42 Å². The van der Waals surface area contributed by atoms with E-state index in [4.69, 9.17) is 11.6 Å². The molecule has 6 heteroatoms. The Kier molecular flexibility index (Phi) is 3.17. The van der Waals surface area contributed by atoms with Gasteiger partial charge in [-0.1, -0.05) is 11.6 Å². The standard InChI is InChI=1S/C14H14ClFN2O2/c1-8-13(19)17-6-2-3-12(17)14(20)18(8)9-4-5-10(15)11(16)7-9/h4-5,7-8,12H,2-3,6H2,1H3. The molecule has 2 fully saturated rings. The first kappa shape index (κ1) is 13.4. The van der Waals surface area contributed by atoms with Gasteiger partial charge in [0, 0.05) is 12.2 Å². The first-order valence-electron chi connectivity index (χ1n) is 6.59. The molecule has 2 atom stereocenters. The lowest BCUT2D eigenvalue weighted by Gasteiger charge is -2.40. The summed E-state index contributed by atoms with van der Waals surface area (Å²) < 4.78 is 13.6. The number of piperazine rings is 1. The Bertz CT molecular complexity index is 593. The van der Waals surface area contributed by atoms with Crippen LogP contribution in [0.5, 0.6) is 0 Å². The lowest BCUT2D eigenvalue weighted by atomic mass is 10.1. The van der Waals surface area contributed by atoms with Crippen LogP contribution in [0.3, 0.4) is 0 Å². The lowest BCUT2D eigenvalue weighted by molar-refractivity contribution is -0.143. The molecular formula is C14H14ClFN2O2. The number of benzene rings is 1. The zero-order valence-corrected chi connectivity index (χ0v) is 11.7. The molecule has 2 saturated heterocycles. The van der Waals surface area contributed by atoms with Gasteiger partial charge in [-0.3, -0.25) is 14.5 Å². The Balaban J connectivity index is 2.01. The molecule has 2 aliphatic heterocycles. The zero-order chi connectivity index (χ0) is 14.4. The van der Waals surface area contributed by atoms with Crippen molar-refractivity contribution in [3.05, 3.63) is 29.0 Å². The van der Waals surface area contributed by atoms with Gasteiger partial charge in [0.15, 0.2) is 0 Å². The molecular weight excluding hydrogens is 283 g/mol. The molecule has 0 saturated carbocycles. The van der Waals surface area contributed by atoms with E-state index >= 15 is 0 Å². The Morgan fingerprint density at radius 1 is 1.30 bits per heavy atom. The number of nitrogens with zero attached hydrogens (tertiary/aromatic N) is 2. The van der Waals surface area contributed by atoms with E-state index in [-0.39, 0.29) is 16.8 Å². The maximum absolute atomic E-state index is 13.6. The largest absolute Gasteiger partial charge is 0.329 e. The molecule has 0 N–H and O–H groups in total. The number of fused-ring (bicyclic) bond motifs is 1. The summed E-state index contributed by atoms with van der Waals surface area (Å²) in [7, 11) is 0. The smallest absolute Gasteiger partial charge is 0.250 e. The highest BCUT2D eigenvalue weighted by molar-refractivity contribution is 6.30. The molecule has 0 aliphatic carbocycles. The molecule has 106 valence electrons. The SMILES string of the molecule is CC1C(=O)N2CCCC2C(=O)N1c1ccc(Cl)c(F)c1. The van der Waals surface area contributed by atoms with E-state index in [9.17, 15) is 14.0 Å². The summed E-state index contributed by atoms with van der Waals surface area (Å²) in [4.78, 5) is 27.9. The molecule has 20 heavy (non-hydrogen) atoms. The second-order valence-corrected chi connectivity index (χ2v) is 5.58. The first-order chi connectivity index (χ1) is 9.50. The fourth-order valence-electron chi connectivity index (χ4n) is 2.97. The summed E-state index contributed by atoms with van der Waals surface area (Å²) in [5.41, 5.74) is 0.379. The minimum Gasteiger partial charge on any atom is -0.329 e. The average Bonchev–Trinajstić information content (AvgIpc) is 2.90. The molecule has 0 radical (unpaired) electrons. The maximum atomic E-state index is 13.6. The predicted octanol–water partition coefficient (Wildman–Crippen LogP) is 2.21. The third-order valence-electron chi connectivity index (χ3n) is 3.98. The van der Waals surface area contributed by atoms with Crippen molar-refractivity contribution in [3.63, 3.8) is 0 Å². The first-order valence-corrected chi connectivity index (χ1v) is 6.97. The Hall–Kier alpha value is -1.62. The van der Waals surface area contributed by atoms with E-state index in [0.29, 0.717) is 18.7 Å². The van der Waals surface area contributed by atoms with E-state index in [1.807, 2.05) is 0 Å². The van der Waals surface area contributed by atoms with Gasteiger partial charge in [-0.15, -0.1) is 0 Å². The highest BCUT2D eigenvalue weighted by Crippen LogP contribution is 2.31. The van der Waals surface area contributed by atoms with Crippen molar-refractivity contribution in [3.8, 4) is 0 Å². The highest BCUT2D eigenvalue weighted by atomic mass is 35.5. The van der Waals surface area contributed by atoms with Crippen molar-refractivity contribution in [2.24, 2.45) is 0 Å². The third-order valence-corrected chi connectivity index (χ3v) is 4.29. The molecule has 0 bridgehead atoms. The number of halogens is 2. The second-order valence-electron chi connectivity index (χ2n) is 5.17. The van der Waals surface area contributed by atoms with Crippen LogP contribution in [0.2, 0.25) is 5.02 Å². The highest BCUT2D eigenvalue weighted by Gasteiger charge is 2.46. The maximum Gasteiger partial charge on any atom is 0.250 e. The van der Waals surface area contributed by atoms with Crippen LogP contribution in [0.25, 0.3) is 0 Å². The van der Waals surface area contributed by atoms with Crippen LogP contribution in [0.1, 0.15) is 19.8 Å². The van der Waals surface area contributed by atoms with E-state index in [1.54, 1.807) is 17.9 Å². The van der Waals surface area contributed by atoms with Crippen molar-refractivity contribution >= 4 is 29.1 Å². The van der Waals surface area contributed by atoms with Gasteiger partial charge in [0.1, 0.15) is 17.9 Å². The number of hydrogen-bond acceptors (Lipinski definition) is 2. The normalized spacial score (nSPS) is 26.1. The summed E-state index contributed by atoms with van der Waals surface area (Å²) in [6.45, 7) is 2.30. The molecule has 3 rings (SSSR count). The van der Waals surface area contributed by atoms with Crippen LogP contribution in [0.15, 0.2) is 18.2 Å². The van der Waals surface area contributed by atoms with Gasteiger partial charge in [-0.25, -0.2) is 4.39 Å². The van der Waals surface area contributed by atoms with Crippen molar-refractivity contribution in [2.45, 2.75) is 31.8 Å². The number of anilines is 1. The quantitative estimate of drug-likeness (QED) is 0.797. The van der Waals surface area contributed by atoms with Gasteiger partial charge in [-0.2, -0.15) is 0 Å². The van der Waals surface area contributed by atoms with Crippen LogP contribution in [-0.4, -0.2) is 35.3 Å². The van der Waals surface area contributed by atoms with Crippen molar-refractivity contribution in [1.82, 2.24) is 4.90 Å². The minimum absolute atomic E-state index is 0.000295. The van der Waals surface area contributed by atoms with Gasteiger partial charge < -0.3 is 4.90 Å². The Labute approximate surface area is 121 Å². The van der Waals surface area contributed by atoms with Gasteiger partial charge in [-0.05, 0) is 38.0 Å². The molecule has 0 spiro atoms. The molecule has 2 unspecified atom stereocenters. The van der Waals surface area contributed by atoms with Gasteiger partial charge in [0.05, 0.1) is 5.02 Å². The van der Waals surface area contributed by atoms with Crippen molar-refractivity contribution in [2.75, 3.05) is 11.4 Å². The fraction of sp³-hybridized carbons (Fsp3) is 0.429. The van der Waals surface area contributed by atoms with Crippen LogP contribution in [0, 0.1) is 5.82 Å². The Morgan fingerprint density at radius 3 is 2.75 bits per heavy atom. The molecule has 1 aromatic carbocycles. The lowest BCUT2D eigenvalue weighted by Crippen LogP contribution is -2.62. The number of carbonyl (C=O) groups excluding carboxylic acids is 2. The third kappa shape index (κ3) is 1.88.